The van der Waals surface area contributed by atoms with Crippen molar-refractivity contribution in [1.29, 1.82) is 0 Å². The minimum absolute atomic E-state index is 0.000865. The molecule has 0 atom stereocenters. The van der Waals surface area contributed by atoms with Crippen molar-refractivity contribution in [2.75, 3.05) is 30.9 Å². The molecule has 0 fully saturated rings. The Morgan fingerprint density at radius 2 is 2.05 bits per heavy atom. The minimum Gasteiger partial charge on any atom is -0.396 e. The van der Waals surface area contributed by atoms with E-state index in [0.29, 0.717) is 18.8 Å². The summed E-state index contributed by atoms with van der Waals surface area (Å²) >= 11 is 0. The Morgan fingerprint density at radius 3 is 2.53 bits per heavy atom. The van der Waals surface area contributed by atoms with Crippen LogP contribution in [0.5, 0.6) is 0 Å². The topological polar surface area (TPSA) is 51.4 Å². The molecule has 1 aromatic rings. The number of alkyl halides is 3. The summed E-state index contributed by atoms with van der Waals surface area (Å²) in [5, 5.41) is 0. The zero-order chi connectivity index (χ0) is 14.6. The summed E-state index contributed by atoms with van der Waals surface area (Å²) in [7, 11) is 1.54. The molecule has 7 heteroatoms. The Hall–Kier alpha value is -1.50. The number of nitrogen functional groups attached to an aromatic ring is 1. The number of pyridine rings is 1. The van der Waals surface area contributed by atoms with Crippen molar-refractivity contribution in [3.05, 3.63) is 18.0 Å². The Labute approximate surface area is 110 Å². The molecule has 19 heavy (non-hydrogen) atoms. The molecule has 1 heterocycles. The van der Waals surface area contributed by atoms with E-state index in [2.05, 4.69) is 4.98 Å². The number of nitrogens with two attached hydrogens (primary N) is 1. The molecule has 0 aliphatic rings. The SMILES string of the molecule is COCCN(c1cc(C(F)(F)F)ncc1N)C(C)C. The van der Waals surface area contributed by atoms with Crippen molar-refractivity contribution in [3.63, 3.8) is 0 Å². The van der Waals surface area contributed by atoms with Gasteiger partial charge >= 0.3 is 6.18 Å². The van der Waals surface area contributed by atoms with Gasteiger partial charge in [-0.3, -0.25) is 0 Å². The predicted octanol–water partition coefficient (Wildman–Crippen LogP) is 2.54. The van der Waals surface area contributed by atoms with Gasteiger partial charge in [0.05, 0.1) is 24.2 Å². The third-order valence-electron chi connectivity index (χ3n) is 2.67. The number of rotatable bonds is 5. The van der Waals surface area contributed by atoms with E-state index in [1.54, 1.807) is 4.90 Å². The maximum atomic E-state index is 12.7. The number of anilines is 2. The van der Waals surface area contributed by atoms with Crippen molar-refractivity contribution in [2.24, 2.45) is 0 Å². The summed E-state index contributed by atoms with van der Waals surface area (Å²) in [6.45, 7) is 4.62. The van der Waals surface area contributed by atoms with E-state index < -0.39 is 11.9 Å². The first-order valence-electron chi connectivity index (χ1n) is 5.85. The highest BCUT2D eigenvalue weighted by molar-refractivity contribution is 5.67. The van der Waals surface area contributed by atoms with Crippen LogP contribution < -0.4 is 10.6 Å². The number of nitrogens with zero attached hydrogens (tertiary/aromatic N) is 2. The number of methoxy groups -OCH3 is 1. The van der Waals surface area contributed by atoms with Gasteiger partial charge in [-0.2, -0.15) is 13.2 Å². The second kappa shape index (κ2) is 6.10. The van der Waals surface area contributed by atoms with Gasteiger partial charge in [0.1, 0.15) is 5.69 Å². The molecule has 0 aliphatic carbocycles. The highest BCUT2D eigenvalue weighted by atomic mass is 19.4. The summed E-state index contributed by atoms with van der Waals surface area (Å²) in [6.07, 6.45) is -3.44. The van der Waals surface area contributed by atoms with Gasteiger partial charge in [0.25, 0.3) is 0 Å². The second-order valence-electron chi connectivity index (χ2n) is 4.41. The lowest BCUT2D eigenvalue weighted by molar-refractivity contribution is -0.141. The Kier molecular flexibility index (Phi) is 4.99. The predicted molar refractivity (Wildman–Crippen MR) is 68.0 cm³/mol. The molecule has 0 saturated heterocycles. The maximum absolute atomic E-state index is 12.7. The molecule has 1 aromatic heterocycles. The standard InChI is InChI=1S/C12H18F3N3O/c1-8(2)18(4-5-19-3)10-6-11(12(13,14)15)17-7-9(10)16/h6-8H,4-5,16H2,1-3H3. The first-order valence-corrected chi connectivity index (χ1v) is 5.85. The summed E-state index contributed by atoms with van der Waals surface area (Å²) in [4.78, 5) is 5.08. The zero-order valence-electron chi connectivity index (χ0n) is 11.2. The van der Waals surface area contributed by atoms with Gasteiger partial charge in [-0.1, -0.05) is 0 Å². The summed E-state index contributed by atoms with van der Waals surface area (Å²) in [5.74, 6) is 0. The summed E-state index contributed by atoms with van der Waals surface area (Å²) < 4.78 is 43.0. The molecule has 0 spiro atoms. The van der Waals surface area contributed by atoms with Gasteiger partial charge in [-0.05, 0) is 19.9 Å². The quantitative estimate of drug-likeness (QED) is 0.898. The van der Waals surface area contributed by atoms with E-state index in [1.165, 1.54) is 7.11 Å². The Bertz CT molecular complexity index is 421. The van der Waals surface area contributed by atoms with Gasteiger partial charge in [0, 0.05) is 19.7 Å². The highest BCUT2D eigenvalue weighted by Crippen LogP contribution is 2.33. The minimum atomic E-state index is -4.48. The largest absolute Gasteiger partial charge is 0.433 e. The van der Waals surface area contributed by atoms with E-state index >= 15 is 0 Å². The Morgan fingerprint density at radius 1 is 1.42 bits per heavy atom. The summed E-state index contributed by atoms with van der Waals surface area (Å²) in [6, 6.07) is 0.978. The van der Waals surface area contributed by atoms with Crippen LogP contribution in [0.1, 0.15) is 19.5 Å². The van der Waals surface area contributed by atoms with Crippen LogP contribution in [-0.4, -0.2) is 31.3 Å². The van der Waals surface area contributed by atoms with Gasteiger partial charge in [-0.25, -0.2) is 4.98 Å². The van der Waals surface area contributed by atoms with E-state index in [-0.39, 0.29) is 11.7 Å². The molecule has 0 amide bonds. The van der Waals surface area contributed by atoms with Gasteiger partial charge in [0.15, 0.2) is 0 Å². The molecule has 108 valence electrons. The van der Waals surface area contributed by atoms with Crippen LogP contribution in [-0.2, 0) is 10.9 Å². The molecule has 1 rings (SSSR count). The lowest BCUT2D eigenvalue weighted by Crippen LogP contribution is -2.34. The molecule has 0 aromatic carbocycles. The van der Waals surface area contributed by atoms with E-state index in [0.717, 1.165) is 12.3 Å². The highest BCUT2D eigenvalue weighted by Gasteiger charge is 2.33. The van der Waals surface area contributed by atoms with Crippen LogP contribution in [0.25, 0.3) is 0 Å². The average molecular weight is 277 g/mol. The summed E-state index contributed by atoms with van der Waals surface area (Å²) in [5.41, 5.74) is 5.33. The molecule has 0 aliphatic heterocycles. The molecule has 0 bridgehead atoms. The van der Waals surface area contributed by atoms with Crippen LogP contribution in [0, 0.1) is 0 Å². The van der Waals surface area contributed by atoms with Crippen molar-refractivity contribution in [3.8, 4) is 0 Å². The van der Waals surface area contributed by atoms with Crippen molar-refractivity contribution >= 4 is 11.4 Å². The molecule has 4 nitrogen and oxygen atoms in total. The fraction of sp³-hybridized carbons (Fsp3) is 0.583. The smallest absolute Gasteiger partial charge is 0.396 e. The van der Waals surface area contributed by atoms with Gasteiger partial charge in [-0.15, -0.1) is 0 Å². The zero-order valence-corrected chi connectivity index (χ0v) is 11.2. The third kappa shape index (κ3) is 3.99. The third-order valence-corrected chi connectivity index (χ3v) is 2.67. The molecular formula is C12H18F3N3O. The first kappa shape index (κ1) is 15.6. The Balaban J connectivity index is 3.14. The first-order chi connectivity index (χ1) is 8.77. The normalized spacial score (nSPS) is 11.9. The van der Waals surface area contributed by atoms with Crippen LogP contribution in [0.2, 0.25) is 0 Å². The maximum Gasteiger partial charge on any atom is 0.433 e. The van der Waals surface area contributed by atoms with E-state index in [9.17, 15) is 13.2 Å². The molecular weight excluding hydrogens is 259 g/mol. The fourth-order valence-corrected chi connectivity index (χ4v) is 1.71. The van der Waals surface area contributed by atoms with Crippen LogP contribution in [0.4, 0.5) is 24.5 Å². The van der Waals surface area contributed by atoms with Gasteiger partial charge < -0.3 is 15.4 Å². The number of aromatic nitrogens is 1. The lowest BCUT2D eigenvalue weighted by Gasteiger charge is -2.30. The van der Waals surface area contributed by atoms with E-state index in [1.807, 2.05) is 13.8 Å². The molecule has 0 unspecified atom stereocenters. The van der Waals surface area contributed by atoms with Crippen molar-refractivity contribution in [2.45, 2.75) is 26.1 Å². The fourth-order valence-electron chi connectivity index (χ4n) is 1.71. The molecule has 0 saturated carbocycles. The molecule has 2 N–H and O–H groups in total. The number of hydrogen-bond donors (Lipinski definition) is 1. The van der Waals surface area contributed by atoms with Crippen molar-refractivity contribution in [1.82, 2.24) is 4.98 Å². The average Bonchev–Trinajstić information content (AvgIpc) is 2.29. The van der Waals surface area contributed by atoms with Gasteiger partial charge in [0.2, 0.25) is 0 Å². The number of hydrogen-bond acceptors (Lipinski definition) is 4. The number of halogens is 3. The number of ether oxygens (including phenoxy) is 1. The monoisotopic (exact) mass is 277 g/mol. The van der Waals surface area contributed by atoms with Crippen LogP contribution in [0.3, 0.4) is 0 Å². The van der Waals surface area contributed by atoms with Crippen LogP contribution in [0.15, 0.2) is 12.3 Å². The van der Waals surface area contributed by atoms with E-state index in [4.69, 9.17) is 10.5 Å². The van der Waals surface area contributed by atoms with Crippen LogP contribution >= 0.6 is 0 Å². The molecule has 0 radical (unpaired) electrons. The lowest BCUT2D eigenvalue weighted by atomic mass is 10.2. The second-order valence-corrected chi connectivity index (χ2v) is 4.41. The van der Waals surface area contributed by atoms with Crippen molar-refractivity contribution < 1.29 is 17.9 Å².